The van der Waals surface area contributed by atoms with E-state index in [-0.39, 0.29) is 11.5 Å². The summed E-state index contributed by atoms with van der Waals surface area (Å²) >= 11 is 0. The highest BCUT2D eigenvalue weighted by Crippen LogP contribution is 2.86. The van der Waals surface area contributed by atoms with Crippen molar-refractivity contribution < 1.29 is 5.11 Å². The first-order valence-electron chi connectivity index (χ1n) is 5.12. The first-order valence-corrected chi connectivity index (χ1v) is 5.12. The summed E-state index contributed by atoms with van der Waals surface area (Å²) in [5.74, 6) is 0.830. The van der Waals surface area contributed by atoms with Crippen LogP contribution >= 0.6 is 0 Å². The van der Waals surface area contributed by atoms with Crippen molar-refractivity contribution in [3.05, 3.63) is 0 Å². The van der Waals surface area contributed by atoms with E-state index in [1.165, 1.54) is 12.8 Å². The van der Waals surface area contributed by atoms with Gasteiger partial charge < -0.3 is 5.11 Å². The fourth-order valence-corrected chi connectivity index (χ4v) is 4.93. The number of hydrogen-bond acceptors (Lipinski definition) is 1. The van der Waals surface area contributed by atoms with Crippen LogP contribution in [0.4, 0.5) is 0 Å². The molecule has 68 valence electrons. The summed E-state index contributed by atoms with van der Waals surface area (Å²) in [7, 11) is 0. The second-order valence-corrected chi connectivity index (χ2v) is 6.01. The highest BCUT2D eigenvalue weighted by Gasteiger charge is 2.81. The van der Waals surface area contributed by atoms with Crippen molar-refractivity contribution in [2.75, 3.05) is 0 Å². The van der Waals surface area contributed by atoms with Crippen LogP contribution in [0.15, 0.2) is 0 Å². The van der Waals surface area contributed by atoms with Gasteiger partial charge in [0.25, 0.3) is 0 Å². The Morgan fingerprint density at radius 2 is 1.92 bits per heavy atom. The van der Waals surface area contributed by atoms with Gasteiger partial charge in [0.15, 0.2) is 0 Å². The molecule has 3 rings (SSSR count). The molecule has 1 N–H and O–H groups in total. The van der Waals surface area contributed by atoms with E-state index in [9.17, 15) is 5.11 Å². The Balaban J connectivity index is 2.09. The zero-order chi connectivity index (χ0) is 8.78. The third-order valence-corrected chi connectivity index (χ3v) is 5.95. The molecule has 0 spiro atoms. The topological polar surface area (TPSA) is 20.2 Å². The second kappa shape index (κ2) is 1.50. The van der Waals surface area contributed by atoms with Crippen LogP contribution in [-0.2, 0) is 0 Å². The van der Waals surface area contributed by atoms with E-state index >= 15 is 0 Å². The molecule has 1 heteroatoms. The lowest BCUT2D eigenvalue weighted by molar-refractivity contribution is -0.286. The van der Waals surface area contributed by atoms with Crippen molar-refractivity contribution in [3.8, 4) is 0 Å². The van der Waals surface area contributed by atoms with Crippen LogP contribution in [0.1, 0.15) is 40.0 Å². The maximum Gasteiger partial charge on any atom is 0.0602 e. The Labute approximate surface area is 74.2 Å². The fourth-order valence-electron chi connectivity index (χ4n) is 4.93. The van der Waals surface area contributed by atoms with Crippen molar-refractivity contribution >= 4 is 0 Å². The van der Waals surface area contributed by atoms with Gasteiger partial charge in [-0.3, -0.25) is 0 Å². The molecule has 3 aliphatic carbocycles. The minimum absolute atomic E-state index is 0.0110. The van der Waals surface area contributed by atoms with E-state index in [1.54, 1.807) is 0 Å². The molecule has 0 aliphatic heterocycles. The van der Waals surface area contributed by atoms with Crippen LogP contribution in [0.3, 0.4) is 0 Å². The highest BCUT2D eigenvalue weighted by molar-refractivity contribution is 5.29. The number of hydrogen-bond donors (Lipinski definition) is 1. The lowest BCUT2D eigenvalue weighted by atomic mass is 9.28. The molecule has 0 aromatic carbocycles. The van der Waals surface area contributed by atoms with Gasteiger partial charge in [-0.15, -0.1) is 0 Å². The normalized spacial score (nSPS) is 73.0. The summed E-state index contributed by atoms with van der Waals surface area (Å²) in [6.07, 6.45) is 3.69. The summed E-state index contributed by atoms with van der Waals surface area (Å²) in [5, 5.41) is 9.96. The maximum absolute atomic E-state index is 9.96. The zero-order valence-corrected chi connectivity index (χ0v) is 8.22. The monoisotopic (exact) mass is 166 g/mol. The molecule has 3 aliphatic rings. The lowest BCUT2D eigenvalue weighted by Crippen LogP contribution is -2.70. The van der Waals surface area contributed by atoms with Crippen LogP contribution in [0, 0.1) is 22.2 Å². The fraction of sp³-hybridized carbons (Fsp3) is 1.00. The Hall–Kier alpha value is -0.0400. The van der Waals surface area contributed by atoms with Crippen molar-refractivity contribution in [1.82, 2.24) is 0 Å². The van der Waals surface area contributed by atoms with Crippen molar-refractivity contribution in [1.29, 1.82) is 0 Å². The molecular weight excluding hydrogens is 148 g/mol. The van der Waals surface area contributed by atoms with E-state index in [4.69, 9.17) is 0 Å². The molecule has 0 radical (unpaired) electrons. The average molecular weight is 166 g/mol. The molecule has 0 bridgehead atoms. The molecular formula is C11H18O. The quantitative estimate of drug-likeness (QED) is 0.585. The Morgan fingerprint density at radius 3 is 2.33 bits per heavy atom. The molecule has 5 unspecified atom stereocenters. The van der Waals surface area contributed by atoms with Crippen LogP contribution in [0.25, 0.3) is 0 Å². The average Bonchev–Trinajstić information content (AvgIpc) is 2.10. The SMILES string of the molecule is CC12CC3CC(O)C(C)(C1)C32C. The summed E-state index contributed by atoms with van der Waals surface area (Å²) in [5.41, 5.74) is 1.34. The summed E-state index contributed by atoms with van der Waals surface area (Å²) < 4.78 is 0. The van der Waals surface area contributed by atoms with Gasteiger partial charge >= 0.3 is 0 Å². The molecule has 0 amide bonds. The molecule has 0 saturated heterocycles. The van der Waals surface area contributed by atoms with Gasteiger partial charge in [0.05, 0.1) is 6.10 Å². The minimum atomic E-state index is -0.0110. The summed E-state index contributed by atoms with van der Waals surface area (Å²) in [6, 6.07) is 0. The van der Waals surface area contributed by atoms with Crippen LogP contribution in [0.5, 0.6) is 0 Å². The molecule has 1 nitrogen and oxygen atoms in total. The number of rotatable bonds is 0. The molecule has 3 fully saturated rings. The predicted molar refractivity (Wildman–Crippen MR) is 47.7 cm³/mol. The van der Waals surface area contributed by atoms with E-state index < -0.39 is 0 Å². The van der Waals surface area contributed by atoms with Gasteiger partial charge in [0.1, 0.15) is 0 Å². The Bertz CT molecular complexity index is 262. The van der Waals surface area contributed by atoms with Crippen LogP contribution in [-0.4, -0.2) is 11.2 Å². The van der Waals surface area contributed by atoms with E-state index in [1.807, 2.05) is 0 Å². The second-order valence-electron chi connectivity index (χ2n) is 6.01. The third-order valence-electron chi connectivity index (χ3n) is 5.95. The molecule has 0 heterocycles. The van der Waals surface area contributed by atoms with Gasteiger partial charge in [-0.2, -0.15) is 0 Å². The Morgan fingerprint density at radius 1 is 1.25 bits per heavy atom. The van der Waals surface area contributed by atoms with Gasteiger partial charge in [0.2, 0.25) is 0 Å². The first kappa shape index (κ1) is 7.37. The molecule has 12 heavy (non-hydrogen) atoms. The standard InChI is InChI=1S/C11H18O/c1-9-5-7-4-8(12)10(2,6-9)11(7,9)3/h7-8,12H,4-6H2,1-3H3. The van der Waals surface area contributed by atoms with Crippen LogP contribution in [0.2, 0.25) is 0 Å². The smallest absolute Gasteiger partial charge is 0.0602 e. The van der Waals surface area contributed by atoms with Crippen molar-refractivity contribution in [3.63, 3.8) is 0 Å². The lowest BCUT2D eigenvalue weighted by Gasteiger charge is -2.76. The number of aliphatic hydroxyl groups is 1. The predicted octanol–water partition coefficient (Wildman–Crippen LogP) is 2.19. The van der Waals surface area contributed by atoms with Crippen molar-refractivity contribution in [2.24, 2.45) is 22.2 Å². The zero-order valence-electron chi connectivity index (χ0n) is 8.22. The molecule has 3 saturated carbocycles. The van der Waals surface area contributed by atoms with Gasteiger partial charge in [-0.25, -0.2) is 0 Å². The largest absolute Gasteiger partial charge is 0.393 e. The molecule has 0 aromatic heterocycles. The minimum Gasteiger partial charge on any atom is -0.393 e. The third kappa shape index (κ3) is 0.396. The molecule has 0 aromatic rings. The summed E-state index contributed by atoms with van der Waals surface area (Å²) in [6.45, 7) is 7.10. The first-order chi connectivity index (χ1) is 5.44. The van der Waals surface area contributed by atoms with E-state index in [0.717, 1.165) is 12.3 Å². The summed E-state index contributed by atoms with van der Waals surface area (Å²) in [4.78, 5) is 0. The number of aliphatic hydroxyl groups excluding tert-OH is 1. The molecule has 5 atom stereocenters. The van der Waals surface area contributed by atoms with E-state index in [0.29, 0.717) is 10.8 Å². The maximum atomic E-state index is 9.96. The van der Waals surface area contributed by atoms with Crippen LogP contribution < -0.4 is 0 Å². The van der Waals surface area contributed by atoms with Gasteiger partial charge in [0, 0.05) is 5.41 Å². The van der Waals surface area contributed by atoms with E-state index in [2.05, 4.69) is 20.8 Å². The van der Waals surface area contributed by atoms with Gasteiger partial charge in [-0.1, -0.05) is 20.8 Å². The van der Waals surface area contributed by atoms with Gasteiger partial charge in [-0.05, 0) is 36.0 Å². The highest BCUT2D eigenvalue weighted by atomic mass is 16.3. The Kier molecular flexibility index (Phi) is 0.919. The van der Waals surface area contributed by atoms with Crippen molar-refractivity contribution in [2.45, 2.75) is 46.1 Å².